The van der Waals surface area contributed by atoms with Crippen LogP contribution < -0.4 is 5.32 Å². The molecule has 0 aromatic carbocycles. The highest BCUT2D eigenvalue weighted by Crippen LogP contribution is 2.37. The van der Waals surface area contributed by atoms with Crippen LogP contribution in [0, 0.1) is 0 Å². The second-order valence-electron chi connectivity index (χ2n) is 3.84. The smallest absolute Gasteiger partial charge is 0.102 e. The maximum Gasteiger partial charge on any atom is 0.102 e. The summed E-state index contributed by atoms with van der Waals surface area (Å²) >= 11 is 0. The summed E-state index contributed by atoms with van der Waals surface area (Å²) in [6.07, 6.45) is 0.346. The van der Waals surface area contributed by atoms with Gasteiger partial charge in [-0.1, -0.05) is 0 Å². The summed E-state index contributed by atoms with van der Waals surface area (Å²) in [5, 5.41) is 31.6. The molecule has 1 spiro atoms. The quantitative estimate of drug-likeness (QED) is 0.363. The standard InChI is InChI=1S/C8H15NO3/c10-5-4-9-8(7(5)12)3-1-2-6(8)11/h5-7,9-12H,1-4H2/t5-,6-,7-,8+/m1/s1. The molecule has 4 atom stereocenters. The minimum atomic E-state index is -0.810. The van der Waals surface area contributed by atoms with E-state index in [-0.39, 0.29) is 0 Å². The number of nitrogens with one attached hydrogen (secondary N) is 1. The Bertz CT molecular complexity index is 187. The predicted octanol–water partition coefficient (Wildman–Crippen LogP) is -1.41. The molecule has 0 unspecified atom stereocenters. The summed E-state index contributed by atoms with van der Waals surface area (Å²) in [4.78, 5) is 0. The lowest BCUT2D eigenvalue weighted by atomic mass is 9.89. The molecule has 70 valence electrons. The van der Waals surface area contributed by atoms with E-state index in [1.165, 1.54) is 0 Å². The molecule has 12 heavy (non-hydrogen) atoms. The summed E-state index contributed by atoms with van der Waals surface area (Å²) in [7, 11) is 0. The summed E-state index contributed by atoms with van der Waals surface area (Å²) < 4.78 is 0. The Labute approximate surface area is 71.2 Å². The first kappa shape index (κ1) is 8.44. The van der Waals surface area contributed by atoms with Crippen molar-refractivity contribution in [1.82, 2.24) is 5.32 Å². The molecule has 2 rings (SSSR count). The molecule has 2 aliphatic rings. The van der Waals surface area contributed by atoms with Gasteiger partial charge in [0.05, 0.1) is 17.7 Å². The fourth-order valence-corrected chi connectivity index (χ4v) is 2.42. The van der Waals surface area contributed by atoms with E-state index in [2.05, 4.69) is 5.32 Å². The fraction of sp³-hybridized carbons (Fsp3) is 1.00. The molecule has 0 bridgehead atoms. The first-order valence-corrected chi connectivity index (χ1v) is 4.46. The van der Waals surface area contributed by atoms with Crippen LogP contribution in [0.1, 0.15) is 19.3 Å². The van der Waals surface area contributed by atoms with Crippen molar-refractivity contribution in [2.75, 3.05) is 6.54 Å². The van der Waals surface area contributed by atoms with E-state index in [9.17, 15) is 15.3 Å². The lowest BCUT2D eigenvalue weighted by Gasteiger charge is -2.31. The van der Waals surface area contributed by atoms with Crippen LogP contribution in [-0.2, 0) is 0 Å². The van der Waals surface area contributed by atoms with Gasteiger partial charge >= 0.3 is 0 Å². The second-order valence-corrected chi connectivity index (χ2v) is 3.84. The molecule has 2 fully saturated rings. The third-order valence-corrected chi connectivity index (χ3v) is 3.20. The molecule has 1 aliphatic heterocycles. The van der Waals surface area contributed by atoms with Gasteiger partial charge in [-0.3, -0.25) is 0 Å². The van der Waals surface area contributed by atoms with Crippen molar-refractivity contribution in [3.05, 3.63) is 0 Å². The average molecular weight is 173 g/mol. The van der Waals surface area contributed by atoms with Crippen LogP contribution in [0.3, 0.4) is 0 Å². The molecule has 0 radical (unpaired) electrons. The topological polar surface area (TPSA) is 72.7 Å². The SMILES string of the molecule is O[C@@H]1CN[C@]2(CCC[C@H]2O)[C@@H]1O. The number of rotatable bonds is 0. The van der Waals surface area contributed by atoms with E-state index in [4.69, 9.17) is 0 Å². The Morgan fingerprint density at radius 2 is 2.00 bits per heavy atom. The largest absolute Gasteiger partial charge is 0.391 e. The van der Waals surface area contributed by atoms with Gasteiger partial charge in [0.15, 0.2) is 0 Å². The molecule has 4 N–H and O–H groups in total. The summed E-state index contributed by atoms with van der Waals surface area (Å²) in [5.74, 6) is 0. The van der Waals surface area contributed by atoms with Crippen molar-refractivity contribution in [2.45, 2.75) is 43.1 Å². The van der Waals surface area contributed by atoms with Crippen LogP contribution in [0.15, 0.2) is 0 Å². The van der Waals surface area contributed by atoms with E-state index >= 15 is 0 Å². The number of aliphatic hydroxyl groups excluding tert-OH is 3. The summed E-state index contributed by atoms with van der Waals surface area (Å²) in [5.41, 5.74) is -0.612. The molecule has 4 nitrogen and oxygen atoms in total. The monoisotopic (exact) mass is 173 g/mol. The van der Waals surface area contributed by atoms with E-state index < -0.39 is 23.9 Å². The van der Waals surface area contributed by atoms with Crippen LogP contribution in [-0.4, -0.2) is 45.7 Å². The second kappa shape index (κ2) is 2.67. The van der Waals surface area contributed by atoms with E-state index in [1.54, 1.807) is 0 Å². The third-order valence-electron chi connectivity index (χ3n) is 3.20. The highest BCUT2D eigenvalue weighted by atomic mass is 16.3. The molecule has 1 saturated carbocycles. The summed E-state index contributed by atoms with van der Waals surface area (Å²) in [6, 6.07) is 0. The van der Waals surface area contributed by atoms with Gasteiger partial charge in [-0.2, -0.15) is 0 Å². The zero-order valence-electron chi connectivity index (χ0n) is 6.90. The molecule has 0 amide bonds. The maximum absolute atomic E-state index is 9.65. The molecule has 1 aliphatic carbocycles. The molecule has 0 aromatic rings. The highest BCUT2D eigenvalue weighted by Gasteiger charge is 2.53. The first-order chi connectivity index (χ1) is 5.67. The lowest BCUT2D eigenvalue weighted by Crippen LogP contribution is -2.54. The third kappa shape index (κ3) is 0.925. The fourth-order valence-electron chi connectivity index (χ4n) is 2.42. The Hall–Kier alpha value is -0.160. The van der Waals surface area contributed by atoms with Crippen molar-refractivity contribution in [1.29, 1.82) is 0 Å². The Morgan fingerprint density at radius 1 is 1.25 bits per heavy atom. The molecule has 0 aromatic heterocycles. The molecular weight excluding hydrogens is 158 g/mol. The van der Waals surface area contributed by atoms with Gasteiger partial charge < -0.3 is 20.6 Å². The minimum Gasteiger partial charge on any atom is -0.391 e. The van der Waals surface area contributed by atoms with E-state index in [1.807, 2.05) is 0 Å². The average Bonchev–Trinajstić information content (AvgIpc) is 2.54. The van der Waals surface area contributed by atoms with Gasteiger partial charge in [0.1, 0.15) is 6.10 Å². The zero-order valence-corrected chi connectivity index (χ0v) is 6.90. The van der Waals surface area contributed by atoms with E-state index in [0.717, 1.165) is 19.3 Å². The van der Waals surface area contributed by atoms with Gasteiger partial charge in [0, 0.05) is 6.54 Å². The van der Waals surface area contributed by atoms with Crippen molar-refractivity contribution in [3.63, 3.8) is 0 Å². The van der Waals surface area contributed by atoms with Crippen molar-refractivity contribution in [3.8, 4) is 0 Å². The van der Waals surface area contributed by atoms with Crippen LogP contribution in [0.25, 0.3) is 0 Å². The number of hydrogen-bond acceptors (Lipinski definition) is 4. The summed E-state index contributed by atoms with van der Waals surface area (Å²) in [6.45, 7) is 0.387. The van der Waals surface area contributed by atoms with Crippen LogP contribution in [0.5, 0.6) is 0 Å². The van der Waals surface area contributed by atoms with Gasteiger partial charge in [-0.05, 0) is 19.3 Å². The lowest BCUT2D eigenvalue weighted by molar-refractivity contribution is -0.0290. The number of hydrogen-bond donors (Lipinski definition) is 4. The van der Waals surface area contributed by atoms with Crippen LogP contribution in [0.4, 0.5) is 0 Å². The van der Waals surface area contributed by atoms with Gasteiger partial charge in [0.25, 0.3) is 0 Å². The minimum absolute atomic E-state index is 0.387. The van der Waals surface area contributed by atoms with Gasteiger partial charge in [-0.15, -0.1) is 0 Å². The molecule has 1 saturated heterocycles. The Balaban J connectivity index is 2.20. The highest BCUT2D eigenvalue weighted by molar-refractivity contribution is 5.11. The molecule has 1 heterocycles. The zero-order chi connectivity index (χ0) is 8.77. The van der Waals surface area contributed by atoms with E-state index in [0.29, 0.717) is 6.54 Å². The normalized spacial score (nSPS) is 53.8. The number of β-amino-alcohol motifs (C(OH)–C–C–N with tert-alkyl or cyclic N) is 1. The van der Waals surface area contributed by atoms with Gasteiger partial charge in [-0.25, -0.2) is 0 Å². The van der Waals surface area contributed by atoms with Crippen molar-refractivity contribution >= 4 is 0 Å². The van der Waals surface area contributed by atoms with Crippen molar-refractivity contribution < 1.29 is 15.3 Å². The Kier molecular flexibility index (Phi) is 1.88. The van der Waals surface area contributed by atoms with Crippen molar-refractivity contribution in [2.24, 2.45) is 0 Å². The first-order valence-electron chi connectivity index (χ1n) is 4.46. The predicted molar refractivity (Wildman–Crippen MR) is 42.6 cm³/mol. The Morgan fingerprint density at radius 3 is 2.42 bits per heavy atom. The molecule has 4 heteroatoms. The number of aliphatic hydroxyl groups is 3. The van der Waals surface area contributed by atoms with Crippen LogP contribution >= 0.6 is 0 Å². The molecular formula is C8H15NO3. The van der Waals surface area contributed by atoms with Crippen LogP contribution in [0.2, 0.25) is 0 Å². The van der Waals surface area contributed by atoms with Gasteiger partial charge in [0.2, 0.25) is 0 Å². The maximum atomic E-state index is 9.65.